The highest BCUT2D eigenvalue weighted by atomic mass is 16.3. The molecule has 0 saturated heterocycles. The number of hydrogen-bond donors (Lipinski definition) is 1. The predicted molar refractivity (Wildman–Crippen MR) is 83.0 cm³/mol. The molecule has 1 aromatic rings. The Balaban J connectivity index is 1.85. The lowest BCUT2D eigenvalue weighted by molar-refractivity contribution is 0.118. The van der Waals surface area contributed by atoms with Crippen LogP contribution in [-0.4, -0.2) is 22.6 Å². The van der Waals surface area contributed by atoms with Crippen molar-refractivity contribution in [2.24, 2.45) is 5.92 Å². The second-order valence-electron chi connectivity index (χ2n) is 6.97. The zero-order chi connectivity index (χ0) is 14.1. The Morgan fingerprint density at radius 2 is 1.95 bits per heavy atom. The molecule has 0 aromatic heterocycles. The van der Waals surface area contributed by atoms with E-state index < -0.39 is 0 Å². The van der Waals surface area contributed by atoms with Gasteiger partial charge in [0.15, 0.2) is 0 Å². The summed E-state index contributed by atoms with van der Waals surface area (Å²) in [5.41, 5.74) is 2.83. The van der Waals surface area contributed by atoms with Gasteiger partial charge in [0.25, 0.3) is 0 Å². The molecule has 1 N–H and O–H groups in total. The van der Waals surface area contributed by atoms with E-state index in [-0.39, 0.29) is 0 Å². The topological polar surface area (TPSA) is 23.5 Å². The Morgan fingerprint density at radius 3 is 2.65 bits per heavy atom. The van der Waals surface area contributed by atoms with Gasteiger partial charge in [-0.25, -0.2) is 0 Å². The summed E-state index contributed by atoms with van der Waals surface area (Å²) in [5, 5.41) is 9.66. The minimum Gasteiger partial charge on any atom is -0.508 e. The SMILES string of the molecule is CC(C)CN(C1CCCC1)C1CCc2cc(O)ccc21. The lowest BCUT2D eigenvalue weighted by Gasteiger charge is -2.36. The van der Waals surface area contributed by atoms with Crippen molar-refractivity contribution in [3.05, 3.63) is 29.3 Å². The first kappa shape index (κ1) is 13.9. The van der Waals surface area contributed by atoms with Crippen LogP contribution in [-0.2, 0) is 6.42 Å². The molecular weight excluding hydrogens is 246 g/mol. The fourth-order valence-electron chi connectivity index (χ4n) is 4.11. The zero-order valence-corrected chi connectivity index (χ0v) is 12.8. The van der Waals surface area contributed by atoms with E-state index in [0.717, 1.165) is 18.4 Å². The van der Waals surface area contributed by atoms with E-state index in [9.17, 15) is 5.11 Å². The van der Waals surface area contributed by atoms with Gasteiger partial charge in [-0.15, -0.1) is 0 Å². The van der Waals surface area contributed by atoms with Gasteiger partial charge in [-0.2, -0.15) is 0 Å². The molecule has 0 spiro atoms. The van der Waals surface area contributed by atoms with E-state index in [0.29, 0.717) is 11.8 Å². The van der Waals surface area contributed by atoms with Crippen molar-refractivity contribution in [1.29, 1.82) is 0 Å². The molecule has 2 aliphatic carbocycles. The standard InChI is InChI=1S/C18H27NO/c1-13(2)12-19(15-5-3-4-6-15)18-10-7-14-11-16(20)8-9-17(14)18/h8-9,11,13,15,18,20H,3-7,10,12H2,1-2H3. The number of rotatable bonds is 4. The van der Waals surface area contributed by atoms with Crippen molar-refractivity contribution in [3.8, 4) is 5.75 Å². The van der Waals surface area contributed by atoms with Crippen LogP contribution in [0.5, 0.6) is 5.75 Å². The van der Waals surface area contributed by atoms with E-state index in [1.165, 1.54) is 49.8 Å². The van der Waals surface area contributed by atoms with Gasteiger partial charge in [0.1, 0.15) is 5.75 Å². The lowest BCUT2D eigenvalue weighted by atomic mass is 10.0. The number of fused-ring (bicyclic) bond motifs is 1. The van der Waals surface area contributed by atoms with Gasteiger partial charge >= 0.3 is 0 Å². The molecule has 0 heterocycles. The molecule has 1 unspecified atom stereocenters. The van der Waals surface area contributed by atoms with Crippen LogP contribution in [0.25, 0.3) is 0 Å². The molecule has 1 atom stereocenters. The monoisotopic (exact) mass is 273 g/mol. The summed E-state index contributed by atoms with van der Waals surface area (Å²) in [6, 6.07) is 7.35. The third kappa shape index (κ3) is 2.71. The second-order valence-corrected chi connectivity index (χ2v) is 6.97. The molecule has 20 heavy (non-hydrogen) atoms. The van der Waals surface area contributed by atoms with Gasteiger partial charge in [-0.1, -0.05) is 32.8 Å². The van der Waals surface area contributed by atoms with Crippen molar-refractivity contribution in [3.63, 3.8) is 0 Å². The normalized spacial score (nSPS) is 22.9. The molecule has 0 amide bonds. The number of phenols is 1. The van der Waals surface area contributed by atoms with Crippen molar-refractivity contribution in [2.45, 2.75) is 64.5 Å². The van der Waals surface area contributed by atoms with Crippen LogP contribution < -0.4 is 0 Å². The van der Waals surface area contributed by atoms with Gasteiger partial charge in [-0.05, 0) is 54.9 Å². The molecule has 1 saturated carbocycles. The molecule has 110 valence electrons. The van der Waals surface area contributed by atoms with E-state index >= 15 is 0 Å². The van der Waals surface area contributed by atoms with Crippen molar-refractivity contribution >= 4 is 0 Å². The highest BCUT2D eigenvalue weighted by Crippen LogP contribution is 2.41. The summed E-state index contributed by atoms with van der Waals surface area (Å²) in [4.78, 5) is 2.78. The Bertz CT molecular complexity index is 462. The summed E-state index contributed by atoms with van der Waals surface area (Å²) >= 11 is 0. The summed E-state index contributed by atoms with van der Waals surface area (Å²) in [6.07, 6.45) is 7.88. The molecule has 2 aliphatic rings. The van der Waals surface area contributed by atoms with Crippen molar-refractivity contribution in [1.82, 2.24) is 4.90 Å². The molecule has 0 bridgehead atoms. The largest absolute Gasteiger partial charge is 0.508 e. The van der Waals surface area contributed by atoms with Crippen molar-refractivity contribution in [2.75, 3.05) is 6.54 Å². The third-order valence-corrected chi connectivity index (χ3v) is 4.94. The Morgan fingerprint density at radius 1 is 1.20 bits per heavy atom. The summed E-state index contributed by atoms with van der Waals surface area (Å²) in [7, 11) is 0. The van der Waals surface area contributed by atoms with E-state index in [2.05, 4.69) is 24.8 Å². The van der Waals surface area contributed by atoms with Gasteiger partial charge in [-0.3, -0.25) is 4.90 Å². The molecule has 1 fully saturated rings. The zero-order valence-electron chi connectivity index (χ0n) is 12.8. The first-order valence-electron chi connectivity index (χ1n) is 8.22. The maximum Gasteiger partial charge on any atom is 0.115 e. The third-order valence-electron chi connectivity index (χ3n) is 4.94. The second kappa shape index (κ2) is 5.77. The van der Waals surface area contributed by atoms with Crippen LogP contribution in [0, 0.1) is 5.92 Å². The number of hydrogen-bond acceptors (Lipinski definition) is 2. The molecule has 1 aromatic carbocycles. The quantitative estimate of drug-likeness (QED) is 0.885. The van der Waals surface area contributed by atoms with Crippen molar-refractivity contribution < 1.29 is 5.11 Å². The Hall–Kier alpha value is -1.02. The van der Waals surface area contributed by atoms with E-state index in [1.54, 1.807) is 0 Å². The Kier molecular flexibility index (Phi) is 4.02. The highest BCUT2D eigenvalue weighted by molar-refractivity contribution is 5.40. The highest BCUT2D eigenvalue weighted by Gasteiger charge is 2.33. The Labute approximate surface area is 122 Å². The minimum atomic E-state index is 0.417. The molecule has 2 nitrogen and oxygen atoms in total. The fourth-order valence-corrected chi connectivity index (χ4v) is 4.11. The molecule has 3 rings (SSSR count). The van der Waals surface area contributed by atoms with Crippen LogP contribution in [0.3, 0.4) is 0 Å². The average molecular weight is 273 g/mol. The maximum absolute atomic E-state index is 9.66. The maximum atomic E-state index is 9.66. The lowest BCUT2D eigenvalue weighted by Crippen LogP contribution is -2.38. The smallest absolute Gasteiger partial charge is 0.115 e. The summed E-state index contributed by atoms with van der Waals surface area (Å²) in [5.74, 6) is 1.14. The number of aromatic hydroxyl groups is 1. The summed E-state index contributed by atoms with van der Waals surface area (Å²) < 4.78 is 0. The fraction of sp³-hybridized carbons (Fsp3) is 0.667. The van der Waals surface area contributed by atoms with Crippen LogP contribution >= 0.6 is 0 Å². The summed E-state index contributed by atoms with van der Waals surface area (Å²) in [6.45, 7) is 5.86. The van der Waals surface area contributed by atoms with Crippen LogP contribution in [0.15, 0.2) is 18.2 Å². The van der Waals surface area contributed by atoms with Gasteiger partial charge in [0.05, 0.1) is 0 Å². The van der Waals surface area contributed by atoms with Gasteiger partial charge < -0.3 is 5.11 Å². The molecule has 0 aliphatic heterocycles. The van der Waals surface area contributed by atoms with Crippen LogP contribution in [0.1, 0.15) is 63.1 Å². The van der Waals surface area contributed by atoms with Crippen LogP contribution in [0.4, 0.5) is 0 Å². The van der Waals surface area contributed by atoms with E-state index in [4.69, 9.17) is 0 Å². The number of nitrogens with zero attached hydrogens (tertiary/aromatic N) is 1. The number of aryl methyl sites for hydroxylation is 1. The van der Waals surface area contributed by atoms with E-state index in [1.807, 2.05) is 12.1 Å². The first-order chi connectivity index (χ1) is 9.65. The molecular formula is C18H27NO. The van der Waals surface area contributed by atoms with Gasteiger partial charge in [0.2, 0.25) is 0 Å². The average Bonchev–Trinajstić information content (AvgIpc) is 3.04. The minimum absolute atomic E-state index is 0.417. The predicted octanol–water partition coefficient (Wildman–Crippen LogP) is 4.28. The number of phenolic OH excluding ortho intramolecular Hbond substituents is 1. The van der Waals surface area contributed by atoms with Gasteiger partial charge in [0, 0.05) is 18.6 Å². The molecule has 0 radical (unpaired) electrons. The van der Waals surface area contributed by atoms with Crippen LogP contribution in [0.2, 0.25) is 0 Å². The first-order valence-corrected chi connectivity index (χ1v) is 8.22. The number of benzene rings is 1. The molecule has 2 heteroatoms.